The molecule has 0 radical (unpaired) electrons. The van der Waals surface area contributed by atoms with Gasteiger partial charge in [-0.15, -0.1) is 0 Å². The Bertz CT molecular complexity index is 787. The highest BCUT2D eigenvalue weighted by Gasteiger charge is 2.19. The molecule has 7 nitrogen and oxygen atoms in total. The molecule has 0 aromatic heterocycles. The van der Waals surface area contributed by atoms with E-state index >= 15 is 0 Å². The highest BCUT2D eigenvalue weighted by molar-refractivity contribution is 5.68. The monoisotopic (exact) mass is 415 g/mol. The first kappa shape index (κ1) is 23.1. The zero-order valence-electron chi connectivity index (χ0n) is 18.5. The third-order valence-corrected chi connectivity index (χ3v) is 3.63. The fourth-order valence-electron chi connectivity index (χ4n) is 2.36. The van der Waals surface area contributed by atoms with Crippen LogP contribution in [0.1, 0.15) is 41.5 Å². The summed E-state index contributed by atoms with van der Waals surface area (Å²) in [6, 6.07) is 14.1. The molecule has 2 aromatic rings. The third-order valence-electron chi connectivity index (χ3n) is 3.63. The molecule has 2 rings (SSSR count). The summed E-state index contributed by atoms with van der Waals surface area (Å²) in [5, 5.41) is 0. The number of hydrogen-bond donors (Lipinski definition) is 0. The lowest BCUT2D eigenvalue weighted by Gasteiger charge is -2.21. The highest BCUT2D eigenvalue weighted by Crippen LogP contribution is 2.27. The van der Waals surface area contributed by atoms with Crippen LogP contribution in [0.5, 0.6) is 11.5 Å². The summed E-state index contributed by atoms with van der Waals surface area (Å²) in [6.07, 6.45) is -1.49. The van der Waals surface area contributed by atoms with E-state index < -0.39 is 23.5 Å². The Kier molecular flexibility index (Phi) is 6.97. The molecule has 0 saturated heterocycles. The predicted molar refractivity (Wildman–Crippen MR) is 115 cm³/mol. The maximum absolute atomic E-state index is 11.8. The minimum absolute atomic E-state index is 0.391. The van der Waals surface area contributed by atoms with Crippen LogP contribution in [0.4, 0.5) is 21.0 Å². The van der Waals surface area contributed by atoms with Crippen molar-refractivity contribution in [1.29, 1.82) is 0 Å². The minimum atomic E-state index is -0.746. The van der Waals surface area contributed by atoms with Crippen molar-refractivity contribution < 1.29 is 28.5 Å². The molecule has 0 saturated carbocycles. The number of hydrogen-bond acceptors (Lipinski definition) is 7. The van der Waals surface area contributed by atoms with Crippen LogP contribution in [0.25, 0.3) is 0 Å². The van der Waals surface area contributed by atoms with Crippen molar-refractivity contribution in [3.05, 3.63) is 48.5 Å². The van der Waals surface area contributed by atoms with Gasteiger partial charge in [-0.05, 0) is 90.1 Å². The van der Waals surface area contributed by atoms with Gasteiger partial charge in [-0.2, -0.15) is 0 Å². The predicted octanol–water partition coefficient (Wildman–Crippen LogP) is 6.08. The lowest BCUT2D eigenvalue weighted by atomic mass is 10.2. The molecule has 7 heteroatoms. The first-order chi connectivity index (χ1) is 13.8. The van der Waals surface area contributed by atoms with E-state index in [1.54, 1.807) is 65.8 Å². The van der Waals surface area contributed by atoms with Gasteiger partial charge in [0, 0.05) is 18.4 Å². The van der Waals surface area contributed by atoms with Gasteiger partial charge >= 0.3 is 12.3 Å². The summed E-state index contributed by atoms with van der Waals surface area (Å²) < 4.78 is 20.6. The summed E-state index contributed by atoms with van der Waals surface area (Å²) in [6.45, 7) is 10.6. The molecular formula is C23H29NO6. The van der Waals surface area contributed by atoms with Crippen LogP contribution in [0.2, 0.25) is 0 Å². The van der Waals surface area contributed by atoms with E-state index in [2.05, 4.69) is 0 Å². The van der Waals surface area contributed by atoms with Gasteiger partial charge < -0.3 is 23.8 Å². The molecule has 0 amide bonds. The van der Waals surface area contributed by atoms with E-state index in [1.165, 1.54) is 0 Å². The summed E-state index contributed by atoms with van der Waals surface area (Å²) in [5.74, 6) is 0.782. The van der Waals surface area contributed by atoms with Gasteiger partial charge in [0.15, 0.2) is 0 Å². The molecule has 30 heavy (non-hydrogen) atoms. The van der Waals surface area contributed by atoms with Gasteiger partial charge in [-0.1, -0.05) is 0 Å². The zero-order chi connectivity index (χ0) is 22.5. The first-order valence-electron chi connectivity index (χ1n) is 9.58. The van der Waals surface area contributed by atoms with Crippen molar-refractivity contribution in [3.8, 4) is 11.5 Å². The van der Waals surface area contributed by atoms with E-state index in [-0.39, 0.29) is 0 Å². The van der Waals surface area contributed by atoms with Crippen LogP contribution in [-0.4, -0.2) is 30.6 Å². The Morgan fingerprint density at radius 3 is 1.20 bits per heavy atom. The van der Waals surface area contributed by atoms with E-state index in [0.717, 1.165) is 11.4 Å². The van der Waals surface area contributed by atoms with Crippen LogP contribution < -0.4 is 14.4 Å². The summed E-state index contributed by atoms with van der Waals surface area (Å²) >= 11 is 0. The Hall–Kier alpha value is -3.22. The summed E-state index contributed by atoms with van der Waals surface area (Å²) in [5.41, 5.74) is 0.535. The normalized spacial score (nSPS) is 11.4. The van der Waals surface area contributed by atoms with Crippen LogP contribution >= 0.6 is 0 Å². The standard InChI is InChI=1S/C23H29NO6/c1-22(2,3)29-20(25)27-18-12-8-16(9-13-18)24(7)17-10-14-19(15-11-17)28-21(26)30-23(4,5)6/h8-15H,1-7H3. The SMILES string of the molecule is CN(c1ccc(OC(=O)OC(C)(C)C)cc1)c1ccc(OC(=O)OC(C)(C)C)cc1. The van der Waals surface area contributed by atoms with E-state index in [9.17, 15) is 9.59 Å². The molecule has 0 bridgehead atoms. The molecule has 0 fully saturated rings. The van der Waals surface area contributed by atoms with E-state index in [0.29, 0.717) is 11.5 Å². The van der Waals surface area contributed by atoms with Crippen LogP contribution in [-0.2, 0) is 9.47 Å². The van der Waals surface area contributed by atoms with Gasteiger partial charge in [0.25, 0.3) is 0 Å². The molecule has 0 unspecified atom stereocenters. The van der Waals surface area contributed by atoms with Crippen molar-refractivity contribution in [2.24, 2.45) is 0 Å². The average molecular weight is 415 g/mol. The van der Waals surface area contributed by atoms with Crippen LogP contribution in [0, 0.1) is 0 Å². The topological polar surface area (TPSA) is 74.3 Å². The van der Waals surface area contributed by atoms with Gasteiger partial charge in [-0.25, -0.2) is 9.59 Å². The van der Waals surface area contributed by atoms with Gasteiger partial charge in [0.1, 0.15) is 22.7 Å². The van der Waals surface area contributed by atoms with Gasteiger partial charge in [-0.3, -0.25) is 0 Å². The number of carbonyl (C=O) groups is 2. The van der Waals surface area contributed by atoms with Gasteiger partial charge in [0.2, 0.25) is 0 Å². The van der Waals surface area contributed by atoms with Crippen molar-refractivity contribution in [3.63, 3.8) is 0 Å². The number of anilines is 2. The number of benzene rings is 2. The Morgan fingerprint density at radius 1 is 0.633 bits per heavy atom. The maximum atomic E-state index is 11.8. The fraction of sp³-hybridized carbons (Fsp3) is 0.391. The molecule has 2 aromatic carbocycles. The lowest BCUT2D eigenvalue weighted by Crippen LogP contribution is -2.26. The summed E-state index contributed by atoms with van der Waals surface area (Å²) in [4.78, 5) is 25.4. The molecule has 162 valence electrons. The van der Waals surface area contributed by atoms with Crippen LogP contribution in [0.15, 0.2) is 48.5 Å². The number of nitrogens with zero attached hydrogens (tertiary/aromatic N) is 1. The summed E-state index contributed by atoms with van der Waals surface area (Å²) in [7, 11) is 1.90. The Labute approximate surface area is 177 Å². The van der Waals surface area contributed by atoms with Crippen molar-refractivity contribution in [2.75, 3.05) is 11.9 Å². The van der Waals surface area contributed by atoms with E-state index in [4.69, 9.17) is 18.9 Å². The Morgan fingerprint density at radius 2 is 0.933 bits per heavy atom. The van der Waals surface area contributed by atoms with Gasteiger partial charge in [0.05, 0.1) is 0 Å². The van der Waals surface area contributed by atoms with Crippen molar-refractivity contribution in [2.45, 2.75) is 52.7 Å². The highest BCUT2D eigenvalue weighted by atomic mass is 16.7. The maximum Gasteiger partial charge on any atom is 0.514 e. The third kappa shape index (κ3) is 7.66. The smallest absolute Gasteiger partial charge is 0.428 e. The molecular weight excluding hydrogens is 386 g/mol. The molecule has 0 spiro atoms. The number of carbonyl (C=O) groups excluding carboxylic acids is 2. The molecule has 0 aliphatic carbocycles. The zero-order valence-corrected chi connectivity index (χ0v) is 18.5. The average Bonchev–Trinajstić information content (AvgIpc) is 2.59. The second-order valence-corrected chi connectivity index (χ2v) is 8.68. The Balaban J connectivity index is 1.98. The largest absolute Gasteiger partial charge is 0.514 e. The second kappa shape index (κ2) is 9.07. The fourth-order valence-corrected chi connectivity index (χ4v) is 2.36. The minimum Gasteiger partial charge on any atom is -0.428 e. The number of rotatable bonds is 4. The van der Waals surface area contributed by atoms with Crippen LogP contribution in [0.3, 0.4) is 0 Å². The molecule has 0 aliphatic heterocycles. The molecule has 0 atom stereocenters. The quantitative estimate of drug-likeness (QED) is 0.442. The molecule has 0 heterocycles. The second-order valence-electron chi connectivity index (χ2n) is 8.68. The lowest BCUT2D eigenvalue weighted by molar-refractivity contribution is 0.0193. The van der Waals surface area contributed by atoms with Crippen molar-refractivity contribution >= 4 is 23.7 Å². The molecule has 0 N–H and O–H groups in total. The van der Waals surface area contributed by atoms with Crippen molar-refractivity contribution in [1.82, 2.24) is 0 Å². The first-order valence-corrected chi connectivity index (χ1v) is 9.58. The number of ether oxygens (including phenoxy) is 4. The van der Waals surface area contributed by atoms with E-state index in [1.807, 2.05) is 36.2 Å². The molecule has 0 aliphatic rings.